The molecule has 0 radical (unpaired) electrons. The molecule has 2 heterocycles. The number of para-hydroxylation sites is 1. The van der Waals surface area contributed by atoms with E-state index < -0.39 is 5.97 Å². The summed E-state index contributed by atoms with van der Waals surface area (Å²) in [5.74, 6) is -0.875. The van der Waals surface area contributed by atoms with Crippen LogP contribution in [0, 0.1) is 6.92 Å². The summed E-state index contributed by atoms with van der Waals surface area (Å²) in [5, 5.41) is 11.9. The molecule has 1 N–H and O–H groups in total. The molecule has 96 valence electrons. The normalized spacial score (nSPS) is 11.1. The highest BCUT2D eigenvalue weighted by Crippen LogP contribution is 2.37. The van der Waals surface area contributed by atoms with Crippen LogP contribution in [0.5, 0.6) is 0 Å². The van der Waals surface area contributed by atoms with Crippen molar-refractivity contribution in [3.8, 4) is 10.4 Å². The van der Waals surface area contributed by atoms with E-state index in [0.717, 1.165) is 16.1 Å². The second-order valence-corrected chi connectivity index (χ2v) is 5.45. The van der Waals surface area contributed by atoms with Crippen molar-refractivity contribution in [2.45, 2.75) is 6.92 Å². The third-order valence-electron chi connectivity index (χ3n) is 3.49. The molecule has 3 aromatic rings. The van der Waals surface area contributed by atoms with E-state index in [1.165, 1.54) is 22.2 Å². The van der Waals surface area contributed by atoms with Crippen LogP contribution in [0.1, 0.15) is 16.1 Å². The van der Waals surface area contributed by atoms with Gasteiger partial charge in [0.2, 0.25) is 0 Å². The molecule has 3 rings (SSSR count). The molecule has 0 aliphatic rings. The predicted molar refractivity (Wildman–Crippen MR) is 77.9 cm³/mol. The minimum Gasteiger partial charge on any atom is -0.478 e. The predicted octanol–water partition coefficient (Wildman–Crippen LogP) is 3.91. The maximum absolute atomic E-state index is 11.0. The van der Waals surface area contributed by atoms with Crippen LogP contribution < -0.4 is 0 Å². The van der Waals surface area contributed by atoms with Gasteiger partial charge in [-0.2, -0.15) is 0 Å². The summed E-state index contributed by atoms with van der Waals surface area (Å²) in [6.07, 6.45) is 0. The SMILES string of the molecule is Cc1c(-c2cc(C(=O)O)cs2)c2ccccc2n1C. The van der Waals surface area contributed by atoms with Crippen LogP contribution in [-0.2, 0) is 7.05 Å². The van der Waals surface area contributed by atoms with E-state index in [4.69, 9.17) is 5.11 Å². The lowest BCUT2D eigenvalue weighted by atomic mass is 10.1. The van der Waals surface area contributed by atoms with Gasteiger partial charge in [0, 0.05) is 39.5 Å². The van der Waals surface area contributed by atoms with Gasteiger partial charge >= 0.3 is 5.97 Å². The lowest BCUT2D eigenvalue weighted by Gasteiger charge is -1.99. The number of carboxylic acid groups (broad SMARTS) is 1. The van der Waals surface area contributed by atoms with Gasteiger partial charge in [-0.15, -0.1) is 11.3 Å². The number of carbonyl (C=O) groups is 1. The fourth-order valence-corrected chi connectivity index (χ4v) is 3.40. The summed E-state index contributed by atoms with van der Waals surface area (Å²) in [6, 6.07) is 9.94. The van der Waals surface area contributed by atoms with E-state index in [2.05, 4.69) is 23.6 Å². The van der Waals surface area contributed by atoms with Crippen LogP contribution in [0.25, 0.3) is 21.3 Å². The van der Waals surface area contributed by atoms with Crippen molar-refractivity contribution in [2.75, 3.05) is 0 Å². The summed E-state index contributed by atoms with van der Waals surface area (Å²) >= 11 is 1.48. The highest BCUT2D eigenvalue weighted by Gasteiger charge is 2.16. The summed E-state index contributed by atoms with van der Waals surface area (Å²) in [6.45, 7) is 2.06. The molecule has 0 saturated heterocycles. The first-order valence-corrected chi connectivity index (χ1v) is 6.84. The van der Waals surface area contributed by atoms with Crippen molar-refractivity contribution < 1.29 is 9.90 Å². The van der Waals surface area contributed by atoms with Gasteiger partial charge in [0.05, 0.1) is 5.56 Å². The largest absolute Gasteiger partial charge is 0.478 e. The summed E-state index contributed by atoms with van der Waals surface area (Å²) in [4.78, 5) is 12.0. The molecule has 19 heavy (non-hydrogen) atoms. The number of nitrogens with zero attached hydrogens (tertiary/aromatic N) is 1. The Balaban J connectivity index is 2.29. The molecule has 3 nitrogen and oxygen atoms in total. The Kier molecular flexibility index (Phi) is 2.68. The van der Waals surface area contributed by atoms with Crippen LogP contribution in [0.2, 0.25) is 0 Å². The number of aryl methyl sites for hydroxylation is 1. The smallest absolute Gasteiger partial charge is 0.336 e. The average molecular weight is 271 g/mol. The molecule has 2 aromatic heterocycles. The van der Waals surface area contributed by atoms with Gasteiger partial charge in [0.1, 0.15) is 0 Å². The number of thiophene rings is 1. The second kappa shape index (κ2) is 4.24. The number of hydrogen-bond acceptors (Lipinski definition) is 2. The molecule has 0 bridgehead atoms. The van der Waals surface area contributed by atoms with E-state index in [0.29, 0.717) is 5.56 Å². The molecule has 0 aliphatic carbocycles. The Hall–Kier alpha value is -2.07. The van der Waals surface area contributed by atoms with Crippen molar-refractivity contribution in [2.24, 2.45) is 7.05 Å². The lowest BCUT2D eigenvalue weighted by Crippen LogP contribution is -1.92. The topological polar surface area (TPSA) is 42.2 Å². The first-order valence-electron chi connectivity index (χ1n) is 5.96. The minimum atomic E-state index is -0.875. The quantitative estimate of drug-likeness (QED) is 0.767. The molecular weight excluding hydrogens is 258 g/mol. The zero-order valence-corrected chi connectivity index (χ0v) is 11.5. The molecule has 0 amide bonds. The van der Waals surface area contributed by atoms with Gasteiger partial charge in [-0.3, -0.25) is 0 Å². The highest BCUT2D eigenvalue weighted by atomic mass is 32.1. The molecule has 0 saturated carbocycles. The first kappa shape index (κ1) is 12.0. The zero-order chi connectivity index (χ0) is 13.6. The Labute approximate surface area is 114 Å². The summed E-state index contributed by atoms with van der Waals surface area (Å²) < 4.78 is 2.14. The number of aromatic carboxylic acids is 1. The van der Waals surface area contributed by atoms with E-state index in [1.54, 1.807) is 11.4 Å². The fraction of sp³-hybridized carbons (Fsp3) is 0.133. The summed E-state index contributed by atoms with van der Waals surface area (Å²) in [5.41, 5.74) is 3.81. The number of fused-ring (bicyclic) bond motifs is 1. The van der Waals surface area contributed by atoms with Gasteiger partial charge in [0.25, 0.3) is 0 Å². The van der Waals surface area contributed by atoms with Gasteiger partial charge in [-0.05, 0) is 19.1 Å². The first-order chi connectivity index (χ1) is 9.09. The number of aromatic nitrogens is 1. The van der Waals surface area contributed by atoms with Crippen molar-refractivity contribution >= 4 is 28.2 Å². The van der Waals surface area contributed by atoms with Crippen LogP contribution in [0.4, 0.5) is 0 Å². The van der Waals surface area contributed by atoms with E-state index in [9.17, 15) is 4.79 Å². The van der Waals surface area contributed by atoms with Crippen LogP contribution in [0.3, 0.4) is 0 Å². The van der Waals surface area contributed by atoms with Gasteiger partial charge in [-0.25, -0.2) is 4.79 Å². The third kappa shape index (κ3) is 1.76. The number of carboxylic acids is 1. The monoisotopic (exact) mass is 271 g/mol. The number of hydrogen-bond donors (Lipinski definition) is 1. The Morgan fingerprint density at radius 1 is 1.32 bits per heavy atom. The van der Waals surface area contributed by atoms with Crippen LogP contribution in [0.15, 0.2) is 35.7 Å². The molecular formula is C15H13NO2S. The Morgan fingerprint density at radius 3 is 2.74 bits per heavy atom. The van der Waals surface area contributed by atoms with E-state index in [-0.39, 0.29) is 0 Å². The van der Waals surface area contributed by atoms with Gasteiger partial charge in [0.15, 0.2) is 0 Å². The lowest BCUT2D eigenvalue weighted by molar-refractivity contribution is 0.0697. The molecule has 0 fully saturated rings. The second-order valence-electron chi connectivity index (χ2n) is 4.54. The molecule has 0 unspecified atom stereocenters. The van der Waals surface area contributed by atoms with Crippen molar-refractivity contribution in [1.29, 1.82) is 0 Å². The average Bonchev–Trinajstić information content (AvgIpc) is 2.96. The molecule has 4 heteroatoms. The van der Waals surface area contributed by atoms with Crippen LogP contribution in [-0.4, -0.2) is 15.6 Å². The van der Waals surface area contributed by atoms with Gasteiger partial charge < -0.3 is 9.67 Å². The fourth-order valence-electron chi connectivity index (χ4n) is 2.41. The van der Waals surface area contributed by atoms with Crippen molar-refractivity contribution in [3.05, 3.63) is 47.0 Å². The standard InChI is InChI=1S/C15H13NO2S/c1-9-14(13-7-10(8-19-13)15(17)18)11-5-3-4-6-12(11)16(9)2/h3-8H,1-2H3,(H,17,18). The number of benzene rings is 1. The van der Waals surface area contributed by atoms with Gasteiger partial charge in [-0.1, -0.05) is 18.2 Å². The summed E-state index contributed by atoms with van der Waals surface area (Å²) in [7, 11) is 2.03. The Bertz CT molecular complexity index is 783. The minimum absolute atomic E-state index is 0.354. The zero-order valence-electron chi connectivity index (χ0n) is 10.7. The maximum Gasteiger partial charge on any atom is 0.336 e. The molecule has 0 spiro atoms. The Morgan fingerprint density at radius 2 is 2.05 bits per heavy atom. The number of rotatable bonds is 2. The highest BCUT2D eigenvalue weighted by molar-refractivity contribution is 7.14. The third-order valence-corrected chi connectivity index (χ3v) is 4.44. The maximum atomic E-state index is 11.0. The van der Waals surface area contributed by atoms with Crippen LogP contribution >= 0.6 is 11.3 Å². The molecule has 1 aromatic carbocycles. The van der Waals surface area contributed by atoms with Crippen molar-refractivity contribution in [1.82, 2.24) is 4.57 Å². The van der Waals surface area contributed by atoms with E-state index in [1.807, 2.05) is 19.2 Å². The molecule has 0 aliphatic heterocycles. The van der Waals surface area contributed by atoms with Crippen molar-refractivity contribution in [3.63, 3.8) is 0 Å². The van der Waals surface area contributed by atoms with E-state index >= 15 is 0 Å². The molecule has 0 atom stereocenters.